The van der Waals surface area contributed by atoms with Crippen LogP contribution in [0.15, 0.2) is 12.3 Å². The van der Waals surface area contributed by atoms with Crippen LogP contribution in [0.3, 0.4) is 0 Å². The first-order valence-electron chi connectivity index (χ1n) is 7.27. The Labute approximate surface area is 106 Å². The number of hydrogen-bond acceptors (Lipinski definition) is 2. The van der Waals surface area contributed by atoms with Crippen LogP contribution in [0.5, 0.6) is 0 Å². The van der Waals surface area contributed by atoms with E-state index in [1.165, 1.54) is 57.7 Å². The minimum atomic E-state index is 0.325. The van der Waals surface area contributed by atoms with Crippen LogP contribution in [0.4, 0.5) is 0 Å². The summed E-state index contributed by atoms with van der Waals surface area (Å²) in [6.45, 7) is 1.07. The quantitative estimate of drug-likeness (QED) is 0.702. The molecule has 2 nitrogen and oxygen atoms in total. The molecule has 0 radical (unpaired) electrons. The number of carbonyl (C=O) groups excluding carboxylic acids is 1. The first-order chi connectivity index (χ1) is 8.43. The first kappa shape index (κ1) is 14.3. The van der Waals surface area contributed by atoms with Crippen molar-refractivity contribution in [2.24, 2.45) is 5.92 Å². The summed E-state index contributed by atoms with van der Waals surface area (Å²) in [6.07, 6.45) is 17.7. The van der Waals surface area contributed by atoms with E-state index < -0.39 is 0 Å². The summed E-state index contributed by atoms with van der Waals surface area (Å²) < 4.78 is 0. The number of aldehydes is 1. The lowest BCUT2D eigenvalue weighted by atomic mass is 9.96. The van der Waals surface area contributed by atoms with Crippen LogP contribution in [-0.4, -0.2) is 12.8 Å². The summed E-state index contributed by atoms with van der Waals surface area (Å²) in [5.74, 6) is 0.325. The van der Waals surface area contributed by atoms with Gasteiger partial charge in [-0.2, -0.15) is 0 Å². The molecule has 1 heterocycles. The molecule has 2 heteroatoms. The fraction of sp³-hybridized carbons (Fsp3) is 0.800. The average molecular weight is 237 g/mol. The fourth-order valence-electron chi connectivity index (χ4n) is 2.36. The molecular formula is C15H27NO. The Kier molecular flexibility index (Phi) is 8.71. The molecule has 0 aromatic rings. The first-order valence-corrected chi connectivity index (χ1v) is 7.27. The third-order valence-corrected chi connectivity index (χ3v) is 3.52. The van der Waals surface area contributed by atoms with Crippen LogP contribution in [0, 0.1) is 5.92 Å². The van der Waals surface area contributed by atoms with E-state index in [1.807, 2.05) is 0 Å². The van der Waals surface area contributed by atoms with E-state index in [2.05, 4.69) is 17.6 Å². The standard InChI is InChI=1S/C15H27NO/c17-14-15-10-6-3-1-2-4-8-12-16-13-9-5-7-11-15/h8,12,14-16H,1-7,9-11,13H2/b12-8+. The van der Waals surface area contributed by atoms with E-state index in [9.17, 15) is 4.79 Å². The molecule has 1 aliphatic heterocycles. The van der Waals surface area contributed by atoms with Gasteiger partial charge in [0.2, 0.25) is 0 Å². The Morgan fingerprint density at radius 3 is 2.41 bits per heavy atom. The van der Waals surface area contributed by atoms with Gasteiger partial charge in [0.05, 0.1) is 0 Å². The molecule has 1 N–H and O–H groups in total. The lowest BCUT2D eigenvalue weighted by molar-refractivity contribution is -0.111. The van der Waals surface area contributed by atoms with Crippen molar-refractivity contribution >= 4 is 6.29 Å². The second-order valence-corrected chi connectivity index (χ2v) is 5.09. The number of hydrogen-bond donors (Lipinski definition) is 1. The topological polar surface area (TPSA) is 29.1 Å². The molecule has 1 rings (SSSR count). The van der Waals surface area contributed by atoms with Gasteiger partial charge in [0.25, 0.3) is 0 Å². The summed E-state index contributed by atoms with van der Waals surface area (Å²) in [5, 5.41) is 3.33. The van der Waals surface area contributed by atoms with Crippen molar-refractivity contribution in [1.82, 2.24) is 5.32 Å². The van der Waals surface area contributed by atoms with Crippen molar-refractivity contribution < 1.29 is 4.79 Å². The van der Waals surface area contributed by atoms with E-state index in [0.717, 1.165) is 19.4 Å². The third kappa shape index (κ3) is 8.00. The van der Waals surface area contributed by atoms with Gasteiger partial charge in [0, 0.05) is 12.5 Å². The molecule has 1 aliphatic rings. The highest BCUT2D eigenvalue weighted by Crippen LogP contribution is 2.16. The number of rotatable bonds is 1. The summed E-state index contributed by atoms with van der Waals surface area (Å²) in [7, 11) is 0. The lowest BCUT2D eigenvalue weighted by Gasteiger charge is -2.09. The minimum Gasteiger partial charge on any atom is -0.391 e. The summed E-state index contributed by atoms with van der Waals surface area (Å²) >= 11 is 0. The molecule has 0 aliphatic carbocycles. The van der Waals surface area contributed by atoms with E-state index in [4.69, 9.17) is 0 Å². The van der Waals surface area contributed by atoms with Gasteiger partial charge in [-0.15, -0.1) is 0 Å². The van der Waals surface area contributed by atoms with E-state index in [0.29, 0.717) is 5.92 Å². The van der Waals surface area contributed by atoms with Crippen LogP contribution in [0.25, 0.3) is 0 Å². The smallest absolute Gasteiger partial charge is 0.123 e. The molecule has 0 spiro atoms. The van der Waals surface area contributed by atoms with E-state index in [1.54, 1.807) is 0 Å². The predicted octanol–water partition coefficient (Wildman–Crippen LogP) is 3.82. The van der Waals surface area contributed by atoms with Crippen molar-refractivity contribution in [2.75, 3.05) is 6.54 Å². The SMILES string of the molecule is O=CC1CCCCCC/C=C/NCCCCC1. The monoisotopic (exact) mass is 237 g/mol. The fourth-order valence-corrected chi connectivity index (χ4v) is 2.36. The number of nitrogens with one attached hydrogen (secondary N) is 1. The number of allylic oxidation sites excluding steroid dienone is 1. The zero-order valence-corrected chi connectivity index (χ0v) is 11.0. The highest BCUT2D eigenvalue weighted by Gasteiger charge is 2.06. The molecule has 0 fully saturated rings. The van der Waals surface area contributed by atoms with Gasteiger partial charge in [-0.25, -0.2) is 0 Å². The molecule has 0 aromatic carbocycles. The maximum absolute atomic E-state index is 10.9. The third-order valence-electron chi connectivity index (χ3n) is 3.52. The molecule has 0 saturated heterocycles. The van der Waals surface area contributed by atoms with Gasteiger partial charge in [0.1, 0.15) is 6.29 Å². The summed E-state index contributed by atoms with van der Waals surface area (Å²) in [6, 6.07) is 0. The maximum atomic E-state index is 10.9. The second kappa shape index (κ2) is 10.4. The van der Waals surface area contributed by atoms with Gasteiger partial charge in [0.15, 0.2) is 0 Å². The maximum Gasteiger partial charge on any atom is 0.123 e. The molecule has 1 atom stereocenters. The van der Waals surface area contributed by atoms with Crippen LogP contribution in [-0.2, 0) is 4.79 Å². The molecule has 0 amide bonds. The summed E-state index contributed by atoms with van der Waals surface area (Å²) in [5.41, 5.74) is 0. The van der Waals surface area contributed by atoms with Gasteiger partial charge >= 0.3 is 0 Å². The van der Waals surface area contributed by atoms with Gasteiger partial charge < -0.3 is 10.1 Å². The van der Waals surface area contributed by atoms with Crippen molar-refractivity contribution in [3.63, 3.8) is 0 Å². The van der Waals surface area contributed by atoms with Crippen molar-refractivity contribution in [2.45, 2.75) is 64.2 Å². The Morgan fingerprint density at radius 2 is 1.65 bits per heavy atom. The Bertz CT molecular complexity index is 195. The average Bonchev–Trinajstić information content (AvgIpc) is 2.36. The second-order valence-electron chi connectivity index (χ2n) is 5.09. The highest BCUT2D eigenvalue weighted by molar-refractivity contribution is 5.53. The van der Waals surface area contributed by atoms with Crippen LogP contribution < -0.4 is 5.32 Å². The zero-order chi connectivity index (χ0) is 12.2. The highest BCUT2D eigenvalue weighted by atomic mass is 16.1. The largest absolute Gasteiger partial charge is 0.391 e. The van der Waals surface area contributed by atoms with Crippen molar-refractivity contribution in [1.29, 1.82) is 0 Å². The van der Waals surface area contributed by atoms with E-state index >= 15 is 0 Å². The molecule has 0 saturated carbocycles. The Morgan fingerprint density at radius 1 is 0.941 bits per heavy atom. The van der Waals surface area contributed by atoms with Gasteiger partial charge in [-0.1, -0.05) is 38.2 Å². The van der Waals surface area contributed by atoms with Crippen LogP contribution in [0.1, 0.15) is 64.2 Å². The van der Waals surface area contributed by atoms with Crippen molar-refractivity contribution in [3.05, 3.63) is 12.3 Å². The molecule has 0 aromatic heterocycles. The molecular weight excluding hydrogens is 210 g/mol. The predicted molar refractivity (Wildman–Crippen MR) is 72.9 cm³/mol. The summed E-state index contributed by atoms with van der Waals surface area (Å²) in [4.78, 5) is 10.9. The molecule has 98 valence electrons. The number of carbonyl (C=O) groups is 1. The van der Waals surface area contributed by atoms with Gasteiger partial charge in [-0.3, -0.25) is 0 Å². The lowest BCUT2D eigenvalue weighted by Crippen LogP contribution is -2.07. The molecule has 0 bridgehead atoms. The van der Waals surface area contributed by atoms with Gasteiger partial charge in [-0.05, 0) is 38.3 Å². The molecule has 1 unspecified atom stereocenters. The minimum absolute atomic E-state index is 0.325. The zero-order valence-electron chi connectivity index (χ0n) is 11.0. The molecule has 17 heavy (non-hydrogen) atoms. The van der Waals surface area contributed by atoms with Crippen LogP contribution in [0.2, 0.25) is 0 Å². The normalized spacial score (nSPS) is 27.2. The Balaban J connectivity index is 2.24. The Hall–Kier alpha value is -0.790. The van der Waals surface area contributed by atoms with E-state index in [-0.39, 0.29) is 0 Å². The van der Waals surface area contributed by atoms with Crippen LogP contribution >= 0.6 is 0 Å². The van der Waals surface area contributed by atoms with Crippen molar-refractivity contribution in [3.8, 4) is 0 Å².